The van der Waals surface area contributed by atoms with Crippen molar-refractivity contribution in [2.24, 2.45) is 11.8 Å². The van der Waals surface area contributed by atoms with Gasteiger partial charge >= 0.3 is 0 Å². The van der Waals surface area contributed by atoms with E-state index in [0.29, 0.717) is 12.6 Å². The summed E-state index contributed by atoms with van der Waals surface area (Å²) in [5.74, 6) is 0.567. The lowest BCUT2D eigenvalue weighted by atomic mass is 9.67. The lowest BCUT2D eigenvalue weighted by Gasteiger charge is -2.37. The number of ketones is 1. The van der Waals surface area contributed by atoms with E-state index < -0.39 is 0 Å². The first-order valence-corrected chi connectivity index (χ1v) is 7.89. The second-order valence-electron chi connectivity index (χ2n) is 6.81. The monoisotopic (exact) mass is 285 g/mol. The van der Waals surface area contributed by atoms with Gasteiger partial charge in [0, 0.05) is 41.2 Å². The minimum Gasteiger partial charge on any atom is -0.306 e. The third-order valence-electron chi connectivity index (χ3n) is 5.55. The molecule has 4 heteroatoms. The molecule has 0 aromatic heterocycles. The van der Waals surface area contributed by atoms with Crippen LogP contribution >= 0.6 is 0 Å². The van der Waals surface area contributed by atoms with Crippen LogP contribution in [-0.4, -0.2) is 29.7 Å². The van der Waals surface area contributed by atoms with Gasteiger partial charge in [-0.05, 0) is 42.9 Å². The van der Waals surface area contributed by atoms with E-state index >= 15 is 0 Å². The van der Waals surface area contributed by atoms with Gasteiger partial charge in [-0.1, -0.05) is 5.57 Å². The van der Waals surface area contributed by atoms with Gasteiger partial charge in [-0.3, -0.25) is 4.79 Å². The molecule has 4 nitrogen and oxygen atoms in total. The van der Waals surface area contributed by atoms with Crippen molar-refractivity contribution in [3.63, 3.8) is 0 Å². The molecular weight excluding hydrogens is 264 g/mol. The summed E-state index contributed by atoms with van der Waals surface area (Å²) >= 11 is 0. The Bertz CT molecular complexity index is 654. The Morgan fingerprint density at radius 1 is 1.33 bits per heavy atom. The number of carbonyl (C=O) groups is 1. The fourth-order valence-corrected chi connectivity index (χ4v) is 4.55. The summed E-state index contributed by atoms with van der Waals surface area (Å²) < 4.78 is 1.10. The summed E-state index contributed by atoms with van der Waals surface area (Å²) in [5, 5.41) is 3.59. The van der Waals surface area contributed by atoms with Crippen LogP contribution in [0.1, 0.15) is 33.1 Å². The molecule has 21 heavy (non-hydrogen) atoms. The van der Waals surface area contributed by atoms with Crippen molar-refractivity contribution in [1.82, 2.24) is 5.32 Å². The van der Waals surface area contributed by atoms with E-state index in [0.717, 1.165) is 36.3 Å². The normalized spacial score (nSPS) is 34.7. The van der Waals surface area contributed by atoms with Crippen LogP contribution < -0.4 is 5.32 Å². The van der Waals surface area contributed by atoms with Crippen molar-refractivity contribution < 1.29 is 9.55 Å². The highest BCUT2D eigenvalue weighted by Crippen LogP contribution is 2.48. The summed E-state index contributed by atoms with van der Waals surface area (Å²) in [6.07, 6.45) is 5.01. The second kappa shape index (κ2) is 4.47. The highest BCUT2D eigenvalue weighted by molar-refractivity contribution is 5.84. The predicted octanol–water partition coefficient (Wildman–Crippen LogP) is 2.27. The molecule has 3 unspecified atom stereocenters. The van der Waals surface area contributed by atoms with Crippen molar-refractivity contribution in [3.05, 3.63) is 39.0 Å². The zero-order chi connectivity index (χ0) is 14.7. The number of nitroso groups, excluding NO2 is 1. The molecule has 0 spiro atoms. The van der Waals surface area contributed by atoms with E-state index in [-0.39, 0.29) is 17.6 Å². The van der Waals surface area contributed by atoms with Gasteiger partial charge in [0.1, 0.15) is 5.78 Å². The molecule has 1 N–H and O–H groups in total. The van der Waals surface area contributed by atoms with Crippen LogP contribution in [0.2, 0.25) is 0 Å². The standard InChI is InChI=1S/C17H21N2O2/c1-9-5-14-12(8-19(9)21)6-11-7-18-15-4-3-13(10(2)20)17(14)16(11)15/h5,12-13,15,18H,3-4,6-8H2,1-2H3/q+1. The van der Waals surface area contributed by atoms with E-state index in [1.54, 1.807) is 6.92 Å². The van der Waals surface area contributed by atoms with E-state index in [1.807, 2.05) is 13.0 Å². The van der Waals surface area contributed by atoms with Gasteiger partial charge in [0.15, 0.2) is 0 Å². The Morgan fingerprint density at radius 3 is 2.90 bits per heavy atom. The maximum Gasteiger partial charge on any atom is 0.230 e. The van der Waals surface area contributed by atoms with Crippen molar-refractivity contribution >= 4 is 5.78 Å². The van der Waals surface area contributed by atoms with Crippen LogP contribution in [0, 0.1) is 16.7 Å². The number of nitrogens with zero attached hydrogens (tertiary/aromatic N) is 1. The van der Waals surface area contributed by atoms with Crippen LogP contribution in [0.3, 0.4) is 0 Å². The number of allylic oxidation sites excluding steroid dienone is 2. The Kier molecular flexibility index (Phi) is 2.80. The smallest absolute Gasteiger partial charge is 0.230 e. The molecule has 0 bridgehead atoms. The molecule has 0 radical (unpaired) electrons. The van der Waals surface area contributed by atoms with Gasteiger partial charge in [0.25, 0.3) is 0 Å². The average molecular weight is 285 g/mol. The minimum atomic E-state index is 0.0335. The largest absolute Gasteiger partial charge is 0.306 e. The average Bonchev–Trinajstić information content (AvgIpc) is 2.85. The van der Waals surface area contributed by atoms with E-state index in [1.165, 1.54) is 22.3 Å². The summed E-state index contributed by atoms with van der Waals surface area (Å²) in [7, 11) is 0. The predicted molar refractivity (Wildman–Crippen MR) is 79.6 cm³/mol. The number of hydrogen-bond acceptors (Lipinski definition) is 3. The third-order valence-corrected chi connectivity index (χ3v) is 5.55. The Hall–Kier alpha value is -1.55. The molecule has 2 aliphatic heterocycles. The van der Waals surface area contributed by atoms with Gasteiger partial charge < -0.3 is 5.32 Å². The van der Waals surface area contributed by atoms with Crippen molar-refractivity contribution in [3.8, 4) is 0 Å². The van der Waals surface area contributed by atoms with E-state index in [4.69, 9.17) is 0 Å². The molecular formula is C17H21N2O2+. The van der Waals surface area contributed by atoms with E-state index in [2.05, 4.69) is 5.32 Å². The van der Waals surface area contributed by atoms with Crippen molar-refractivity contribution in [2.45, 2.75) is 39.2 Å². The number of Topliss-reactive ketones (excluding diaryl/α,β-unsaturated/α-hetero) is 1. The molecule has 2 heterocycles. The maximum atomic E-state index is 12.1. The van der Waals surface area contributed by atoms with Gasteiger partial charge in [-0.2, -0.15) is 0 Å². The van der Waals surface area contributed by atoms with Gasteiger partial charge in [0.05, 0.1) is 5.92 Å². The molecule has 0 amide bonds. The van der Waals surface area contributed by atoms with Crippen molar-refractivity contribution in [2.75, 3.05) is 13.1 Å². The molecule has 0 saturated heterocycles. The Balaban J connectivity index is 1.93. The number of nitrogens with one attached hydrogen (secondary N) is 1. The molecule has 4 rings (SSSR count). The second-order valence-corrected chi connectivity index (χ2v) is 6.81. The fraction of sp³-hybridized carbons (Fsp3) is 0.588. The zero-order valence-electron chi connectivity index (χ0n) is 12.6. The molecule has 1 fully saturated rings. The first-order valence-electron chi connectivity index (χ1n) is 7.89. The summed E-state index contributed by atoms with van der Waals surface area (Å²) in [6, 6.07) is 0.429. The topological polar surface area (TPSA) is 49.2 Å². The molecule has 0 aromatic rings. The SMILES string of the molecule is CC(=O)C1CCC2NCC3=C2C1=C1C=C(C)[N+](=O)CC1C3. The van der Waals surface area contributed by atoms with E-state index in [9.17, 15) is 9.70 Å². The van der Waals surface area contributed by atoms with Crippen LogP contribution in [-0.2, 0) is 4.79 Å². The fourth-order valence-electron chi connectivity index (χ4n) is 4.55. The first-order chi connectivity index (χ1) is 10.1. The molecule has 4 aliphatic rings. The number of rotatable bonds is 1. The van der Waals surface area contributed by atoms with Gasteiger partial charge in [0.2, 0.25) is 12.2 Å². The van der Waals surface area contributed by atoms with Crippen molar-refractivity contribution in [1.29, 1.82) is 0 Å². The first kappa shape index (κ1) is 13.1. The third kappa shape index (κ3) is 1.81. The number of hydrogen-bond donors (Lipinski definition) is 1. The molecule has 110 valence electrons. The quantitative estimate of drug-likeness (QED) is 0.752. The minimum absolute atomic E-state index is 0.0335. The Labute approximate surface area is 124 Å². The lowest BCUT2D eigenvalue weighted by Crippen LogP contribution is -2.36. The number of fused-ring (bicyclic) bond motifs is 1. The van der Waals surface area contributed by atoms with Crippen LogP contribution in [0.25, 0.3) is 0 Å². The number of carbonyl (C=O) groups excluding carboxylic acids is 1. The summed E-state index contributed by atoms with van der Waals surface area (Å²) in [4.78, 5) is 24.1. The molecule has 2 aliphatic carbocycles. The molecule has 3 atom stereocenters. The Morgan fingerprint density at radius 2 is 2.14 bits per heavy atom. The summed E-state index contributed by atoms with van der Waals surface area (Å²) in [6.45, 7) is 5.05. The van der Waals surface area contributed by atoms with Gasteiger partial charge in [-0.15, -0.1) is 0 Å². The molecule has 1 saturated carbocycles. The summed E-state index contributed by atoms with van der Waals surface area (Å²) in [5.41, 5.74) is 6.16. The zero-order valence-corrected chi connectivity index (χ0v) is 12.6. The van der Waals surface area contributed by atoms with Crippen LogP contribution in [0.4, 0.5) is 0 Å². The van der Waals surface area contributed by atoms with Gasteiger partial charge in [-0.25, -0.2) is 0 Å². The lowest BCUT2D eigenvalue weighted by molar-refractivity contribution is -0.507. The molecule has 0 aromatic carbocycles. The van der Waals surface area contributed by atoms with Crippen LogP contribution in [0.15, 0.2) is 34.1 Å². The maximum absolute atomic E-state index is 12.1. The van der Waals surface area contributed by atoms with Crippen LogP contribution in [0.5, 0.6) is 0 Å². The highest BCUT2D eigenvalue weighted by atomic mass is 16.3. The highest BCUT2D eigenvalue weighted by Gasteiger charge is 2.45.